The topological polar surface area (TPSA) is 90.5 Å². The van der Waals surface area contributed by atoms with Crippen LogP contribution in [0.2, 0.25) is 5.02 Å². The highest BCUT2D eigenvalue weighted by atomic mass is 35.5. The summed E-state index contributed by atoms with van der Waals surface area (Å²) in [5.74, 6) is 1.23. The second kappa shape index (κ2) is 8.20. The Morgan fingerprint density at radius 3 is 2.74 bits per heavy atom. The highest BCUT2D eigenvalue weighted by Crippen LogP contribution is 2.35. The standard InChI is InChI=1S/C21H25ClN4O4S/c1-25(31(27,28)15-5-6-15)13-19-23-21(24-30-19)17-12-26(11-14-7-9-29-10-8-14)20-16(17)3-2-4-18(20)22/h2-4,12,14-15H,5-11,13H2,1H3. The van der Waals surface area contributed by atoms with Gasteiger partial charge in [-0.05, 0) is 37.7 Å². The smallest absolute Gasteiger partial charge is 0.242 e. The van der Waals surface area contributed by atoms with Crippen LogP contribution in [0.4, 0.5) is 0 Å². The molecule has 0 atom stereocenters. The number of hydrogen-bond donors (Lipinski definition) is 0. The molecule has 0 amide bonds. The number of benzene rings is 1. The maximum atomic E-state index is 12.4. The molecule has 2 aromatic heterocycles. The molecular formula is C21H25ClN4O4S. The van der Waals surface area contributed by atoms with E-state index >= 15 is 0 Å². The Labute approximate surface area is 186 Å². The molecule has 3 aromatic rings. The average Bonchev–Trinajstić information content (AvgIpc) is 3.43. The predicted molar refractivity (Wildman–Crippen MR) is 117 cm³/mol. The molecule has 2 fully saturated rings. The van der Waals surface area contributed by atoms with Crippen LogP contribution in [0.25, 0.3) is 22.3 Å². The number of halogens is 1. The summed E-state index contributed by atoms with van der Waals surface area (Å²) in [6.07, 6.45) is 5.50. The van der Waals surface area contributed by atoms with Crippen molar-refractivity contribution in [1.82, 2.24) is 19.0 Å². The van der Waals surface area contributed by atoms with Gasteiger partial charge < -0.3 is 13.8 Å². The fraction of sp³-hybridized carbons (Fsp3) is 0.524. The van der Waals surface area contributed by atoms with Gasteiger partial charge in [-0.1, -0.05) is 28.9 Å². The minimum Gasteiger partial charge on any atom is -0.381 e. The fourth-order valence-corrected chi connectivity index (χ4v) is 5.99. The van der Waals surface area contributed by atoms with Crippen molar-refractivity contribution in [2.24, 2.45) is 5.92 Å². The zero-order valence-corrected chi connectivity index (χ0v) is 18.9. The van der Waals surface area contributed by atoms with Gasteiger partial charge in [0.15, 0.2) is 0 Å². The van der Waals surface area contributed by atoms with Crippen LogP contribution in [0.5, 0.6) is 0 Å². The molecule has 0 bridgehead atoms. The lowest BCUT2D eigenvalue weighted by Gasteiger charge is -2.23. The molecule has 2 aliphatic rings. The predicted octanol–water partition coefficient (Wildman–Crippen LogP) is 3.70. The van der Waals surface area contributed by atoms with Crippen LogP contribution in [0, 0.1) is 5.92 Å². The van der Waals surface area contributed by atoms with Gasteiger partial charge >= 0.3 is 0 Å². The van der Waals surface area contributed by atoms with Crippen LogP contribution in [0.15, 0.2) is 28.9 Å². The molecular weight excluding hydrogens is 440 g/mol. The van der Waals surface area contributed by atoms with Crippen LogP contribution in [0.3, 0.4) is 0 Å². The highest BCUT2D eigenvalue weighted by molar-refractivity contribution is 7.90. The van der Waals surface area contributed by atoms with Crippen molar-refractivity contribution >= 4 is 32.5 Å². The minimum absolute atomic E-state index is 0.0628. The quantitative estimate of drug-likeness (QED) is 0.529. The van der Waals surface area contributed by atoms with E-state index in [2.05, 4.69) is 14.7 Å². The molecule has 1 aliphatic heterocycles. The summed E-state index contributed by atoms with van der Waals surface area (Å²) in [4.78, 5) is 4.49. The summed E-state index contributed by atoms with van der Waals surface area (Å²) < 4.78 is 39.1. The van der Waals surface area contributed by atoms with E-state index in [1.54, 1.807) is 7.05 Å². The number of ether oxygens (including phenoxy) is 1. The summed E-state index contributed by atoms with van der Waals surface area (Å²) >= 11 is 6.56. The third-order valence-corrected chi connectivity index (χ3v) is 8.71. The molecule has 10 heteroatoms. The van der Waals surface area contributed by atoms with E-state index in [1.807, 2.05) is 24.4 Å². The van der Waals surface area contributed by atoms with Crippen molar-refractivity contribution in [2.75, 3.05) is 20.3 Å². The molecule has 1 saturated carbocycles. The maximum Gasteiger partial charge on any atom is 0.242 e. The average molecular weight is 465 g/mol. The van der Waals surface area contributed by atoms with Crippen LogP contribution >= 0.6 is 11.6 Å². The molecule has 0 unspecified atom stereocenters. The SMILES string of the molecule is CN(Cc1nc(-c2cn(CC3CCOCC3)c3c(Cl)cccc23)no1)S(=O)(=O)C1CC1. The van der Waals surface area contributed by atoms with Crippen molar-refractivity contribution in [3.05, 3.63) is 35.3 Å². The van der Waals surface area contributed by atoms with Gasteiger partial charge in [-0.2, -0.15) is 9.29 Å². The van der Waals surface area contributed by atoms with E-state index in [9.17, 15) is 8.42 Å². The Bertz CT molecular complexity index is 1200. The molecule has 1 aromatic carbocycles. The number of rotatable bonds is 7. The zero-order valence-electron chi connectivity index (χ0n) is 17.3. The summed E-state index contributed by atoms with van der Waals surface area (Å²) in [6, 6.07) is 5.79. The van der Waals surface area contributed by atoms with E-state index in [0.717, 1.165) is 61.9 Å². The van der Waals surface area contributed by atoms with E-state index in [-0.39, 0.29) is 17.7 Å². The molecule has 8 nitrogen and oxygen atoms in total. The van der Waals surface area contributed by atoms with Gasteiger partial charge in [0, 0.05) is 44.0 Å². The molecule has 3 heterocycles. The number of fused-ring (bicyclic) bond motifs is 1. The van der Waals surface area contributed by atoms with Gasteiger partial charge in [-0.25, -0.2) is 8.42 Å². The molecule has 166 valence electrons. The zero-order chi connectivity index (χ0) is 21.6. The first-order valence-electron chi connectivity index (χ1n) is 10.6. The first-order valence-corrected chi connectivity index (χ1v) is 12.4. The number of aromatic nitrogens is 3. The number of nitrogens with zero attached hydrogens (tertiary/aromatic N) is 4. The monoisotopic (exact) mass is 464 g/mol. The van der Waals surface area contributed by atoms with E-state index < -0.39 is 10.0 Å². The van der Waals surface area contributed by atoms with Crippen LogP contribution in [-0.2, 0) is 27.8 Å². The first-order chi connectivity index (χ1) is 14.9. The second-order valence-corrected chi connectivity index (χ2v) is 11.1. The molecule has 0 N–H and O–H groups in total. The lowest BCUT2D eigenvalue weighted by molar-refractivity contribution is 0.0616. The third-order valence-electron chi connectivity index (χ3n) is 6.09. The van der Waals surface area contributed by atoms with Gasteiger partial charge in [0.05, 0.1) is 22.3 Å². The number of sulfonamides is 1. The van der Waals surface area contributed by atoms with E-state index in [4.69, 9.17) is 20.9 Å². The Balaban J connectivity index is 1.44. The van der Waals surface area contributed by atoms with Crippen molar-refractivity contribution in [2.45, 2.75) is 44.0 Å². The van der Waals surface area contributed by atoms with Gasteiger partial charge in [-0.3, -0.25) is 0 Å². The van der Waals surface area contributed by atoms with Crippen LogP contribution in [0.1, 0.15) is 31.6 Å². The Hall–Kier alpha value is -1.94. The van der Waals surface area contributed by atoms with Gasteiger partial charge in [-0.15, -0.1) is 0 Å². The summed E-state index contributed by atoms with van der Waals surface area (Å²) in [5.41, 5.74) is 1.78. The largest absolute Gasteiger partial charge is 0.381 e. The van der Waals surface area contributed by atoms with Crippen molar-refractivity contribution < 1.29 is 17.7 Å². The normalized spacial score (nSPS) is 18.3. The first kappa shape index (κ1) is 20.9. The Kier molecular flexibility index (Phi) is 5.54. The molecule has 0 spiro atoms. The number of hydrogen-bond acceptors (Lipinski definition) is 6. The molecule has 1 aliphatic carbocycles. The van der Waals surface area contributed by atoms with Gasteiger partial charge in [0.2, 0.25) is 21.7 Å². The molecule has 1 saturated heterocycles. The lowest BCUT2D eigenvalue weighted by Crippen LogP contribution is -2.29. The summed E-state index contributed by atoms with van der Waals surface area (Å²) in [6.45, 7) is 2.48. The van der Waals surface area contributed by atoms with Crippen LogP contribution in [-0.4, -0.2) is 52.9 Å². The van der Waals surface area contributed by atoms with Crippen LogP contribution < -0.4 is 0 Å². The lowest BCUT2D eigenvalue weighted by atomic mass is 10.0. The highest BCUT2D eigenvalue weighted by Gasteiger charge is 2.39. The van der Waals surface area contributed by atoms with Crippen molar-refractivity contribution in [3.8, 4) is 11.4 Å². The fourth-order valence-electron chi connectivity index (χ4n) is 4.17. The molecule has 5 rings (SSSR count). The van der Waals surface area contributed by atoms with Crippen molar-refractivity contribution in [3.63, 3.8) is 0 Å². The molecule has 31 heavy (non-hydrogen) atoms. The second-order valence-electron chi connectivity index (χ2n) is 8.40. The minimum atomic E-state index is -3.30. The third kappa shape index (κ3) is 4.11. The van der Waals surface area contributed by atoms with Gasteiger partial charge in [0.1, 0.15) is 0 Å². The summed E-state index contributed by atoms with van der Waals surface area (Å²) in [5, 5.41) is 5.49. The van der Waals surface area contributed by atoms with E-state index in [0.29, 0.717) is 16.8 Å². The molecule has 0 radical (unpaired) electrons. The van der Waals surface area contributed by atoms with Gasteiger partial charge in [0.25, 0.3) is 0 Å². The van der Waals surface area contributed by atoms with Crippen molar-refractivity contribution in [1.29, 1.82) is 0 Å². The Morgan fingerprint density at radius 2 is 2.00 bits per heavy atom. The van der Waals surface area contributed by atoms with E-state index in [1.165, 1.54) is 4.31 Å². The summed E-state index contributed by atoms with van der Waals surface area (Å²) in [7, 11) is -1.75. The maximum absolute atomic E-state index is 12.4. The number of para-hydroxylation sites is 1. The Morgan fingerprint density at radius 1 is 1.23 bits per heavy atom.